The van der Waals surface area contributed by atoms with Crippen molar-refractivity contribution in [2.24, 2.45) is 0 Å². The van der Waals surface area contributed by atoms with Crippen LogP contribution in [0, 0.1) is 0 Å². The lowest BCUT2D eigenvalue weighted by Gasteiger charge is -2.34. The Morgan fingerprint density at radius 2 is 1.88 bits per heavy atom. The van der Waals surface area contributed by atoms with Crippen molar-refractivity contribution >= 4 is 27.1 Å². The van der Waals surface area contributed by atoms with Gasteiger partial charge in [-0.15, -0.1) is 11.3 Å². The Kier molecular flexibility index (Phi) is 7.99. The summed E-state index contributed by atoms with van der Waals surface area (Å²) in [6, 6.07) is 10.9. The van der Waals surface area contributed by atoms with Gasteiger partial charge in [-0.2, -0.15) is 4.31 Å². The molecular formula is C24H33N3O4S2. The largest absolute Gasteiger partial charge is 0.373 e. The average molecular weight is 492 g/mol. The summed E-state index contributed by atoms with van der Waals surface area (Å²) in [6.07, 6.45) is 2.10. The number of morpholine rings is 1. The Morgan fingerprint density at radius 1 is 1.15 bits per heavy atom. The second kappa shape index (κ2) is 10.8. The minimum atomic E-state index is -3.68. The zero-order valence-corrected chi connectivity index (χ0v) is 20.9. The van der Waals surface area contributed by atoms with Crippen molar-refractivity contribution < 1.29 is 17.9 Å². The first-order valence-corrected chi connectivity index (χ1v) is 13.9. The van der Waals surface area contributed by atoms with Crippen LogP contribution in [-0.4, -0.2) is 74.9 Å². The summed E-state index contributed by atoms with van der Waals surface area (Å²) in [6.45, 7) is 7.39. The van der Waals surface area contributed by atoms with E-state index in [9.17, 15) is 13.2 Å². The summed E-state index contributed by atoms with van der Waals surface area (Å²) in [5.41, 5.74) is 0.409. The molecule has 2 aliphatic rings. The molecule has 4 rings (SSSR count). The SMILES string of the molecule is CC1CN(S(=O)(=O)c2cccc(C(=O)CNCC(c3cccs3)N3CCCC3)c2)CC(C)O1. The van der Waals surface area contributed by atoms with Crippen LogP contribution in [0.25, 0.3) is 0 Å². The van der Waals surface area contributed by atoms with Crippen LogP contribution in [0.1, 0.15) is 48.0 Å². The van der Waals surface area contributed by atoms with Crippen molar-refractivity contribution in [3.05, 3.63) is 52.2 Å². The fourth-order valence-corrected chi connectivity index (χ4v) is 7.17. The van der Waals surface area contributed by atoms with Crippen molar-refractivity contribution in [3.8, 4) is 0 Å². The molecule has 1 aromatic carbocycles. The first-order valence-electron chi connectivity index (χ1n) is 11.6. The predicted octanol–water partition coefficient (Wildman–Crippen LogP) is 3.16. The molecule has 2 aliphatic heterocycles. The maximum Gasteiger partial charge on any atom is 0.243 e. The second-order valence-corrected chi connectivity index (χ2v) is 11.9. The molecule has 1 aromatic heterocycles. The van der Waals surface area contributed by atoms with Gasteiger partial charge >= 0.3 is 0 Å². The quantitative estimate of drug-likeness (QED) is 0.543. The minimum Gasteiger partial charge on any atom is -0.373 e. The lowest BCUT2D eigenvalue weighted by molar-refractivity contribution is -0.0440. The molecule has 0 spiro atoms. The fourth-order valence-electron chi connectivity index (χ4n) is 4.67. The lowest BCUT2D eigenvalue weighted by atomic mass is 10.1. The number of ether oxygens (including phenoxy) is 1. The van der Waals surface area contributed by atoms with Gasteiger partial charge in [0.1, 0.15) is 0 Å². The molecule has 180 valence electrons. The van der Waals surface area contributed by atoms with Crippen molar-refractivity contribution in [1.82, 2.24) is 14.5 Å². The summed E-state index contributed by atoms with van der Waals surface area (Å²) in [4.78, 5) is 16.8. The lowest BCUT2D eigenvalue weighted by Crippen LogP contribution is -2.48. The number of carbonyl (C=O) groups excluding carboxylic acids is 1. The maximum absolute atomic E-state index is 13.2. The average Bonchev–Trinajstić information content (AvgIpc) is 3.51. The number of likely N-dealkylation sites (tertiary alicyclic amines) is 1. The molecule has 0 amide bonds. The molecule has 3 unspecified atom stereocenters. The van der Waals surface area contributed by atoms with Gasteiger partial charge in [0.05, 0.1) is 29.7 Å². The van der Waals surface area contributed by atoms with Crippen LogP contribution in [0.4, 0.5) is 0 Å². The van der Waals surface area contributed by atoms with Crippen molar-refractivity contribution in [3.63, 3.8) is 0 Å². The summed E-state index contributed by atoms with van der Waals surface area (Å²) in [7, 11) is -3.68. The third-order valence-corrected chi connectivity index (χ3v) is 9.06. The Morgan fingerprint density at radius 3 is 2.55 bits per heavy atom. The van der Waals surface area contributed by atoms with Crippen molar-refractivity contribution in [2.75, 3.05) is 39.3 Å². The zero-order chi connectivity index (χ0) is 23.4. The number of rotatable bonds is 9. The van der Waals surface area contributed by atoms with Gasteiger partial charge in [0.2, 0.25) is 10.0 Å². The number of sulfonamides is 1. The van der Waals surface area contributed by atoms with E-state index in [1.807, 2.05) is 13.8 Å². The highest BCUT2D eigenvalue weighted by Gasteiger charge is 2.32. The third-order valence-electron chi connectivity index (χ3n) is 6.26. The third kappa shape index (κ3) is 5.90. The first kappa shape index (κ1) is 24.5. The molecule has 0 bridgehead atoms. The molecule has 9 heteroatoms. The molecule has 2 saturated heterocycles. The van der Waals surface area contributed by atoms with E-state index in [4.69, 9.17) is 4.74 Å². The van der Waals surface area contributed by atoms with E-state index in [-0.39, 0.29) is 35.5 Å². The Bertz CT molecular complexity index is 1030. The molecular weight excluding hydrogens is 458 g/mol. The van der Waals surface area contributed by atoms with Crippen molar-refractivity contribution in [1.29, 1.82) is 0 Å². The van der Waals surface area contributed by atoms with Gasteiger partial charge in [0.15, 0.2) is 5.78 Å². The number of nitrogens with zero attached hydrogens (tertiary/aromatic N) is 2. The molecule has 0 radical (unpaired) electrons. The van der Waals surface area contributed by atoms with Gasteiger partial charge in [-0.25, -0.2) is 8.42 Å². The molecule has 33 heavy (non-hydrogen) atoms. The van der Waals surface area contributed by atoms with Crippen LogP contribution in [0.2, 0.25) is 0 Å². The Hall–Kier alpha value is -1.62. The summed E-state index contributed by atoms with van der Waals surface area (Å²) in [5.74, 6) is -0.109. The highest BCUT2D eigenvalue weighted by molar-refractivity contribution is 7.89. The van der Waals surface area contributed by atoms with E-state index >= 15 is 0 Å². The van der Waals surface area contributed by atoms with Gasteiger partial charge in [0, 0.05) is 30.1 Å². The maximum atomic E-state index is 13.2. The summed E-state index contributed by atoms with van der Waals surface area (Å²) >= 11 is 1.74. The number of carbonyl (C=O) groups is 1. The monoisotopic (exact) mass is 491 g/mol. The molecule has 3 atom stereocenters. The number of Topliss-reactive ketones (excluding diaryl/α,β-unsaturated/α-hetero) is 1. The van der Waals surface area contributed by atoms with Crippen LogP contribution in [0.3, 0.4) is 0 Å². The Labute approximate surface area is 200 Å². The van der Waals surface area contributed by atoms with Crippen LogP contribution >= 0.6 is 11.3 Å². The number of thiophene rings is 1. The molecule has 2 aromatic rings. The van der Waals surface area contributed by atoms with Gasteiger partial charge in [-0.3, -0.25) is 9.69 Å². The van der Waals surface area contributed by atoms with Crippen molar-refractivity contribution in [2.45, 2.75) is 49.8 Å². The van der Waals surface area contributed by atoms with E-state index in [0.29, 0.717) is 25.2 Å². The predicted molar refractivity (Wildman–Crippen MR) is 130 cm³/mol. The molecule has 1 N–H and O–H groups in total. The van der Waals surface area contributed by atoms with E-state index < -0.39 is 10.0 Å². The number of ketones is 1. The number of hydrogen-bond acceptors (Lipinski definition) is 7. The van der Waals surface area contributed by atoms with Gasteiger partial charge < -0.3 is 10.1 Å². The normalized spacial score (nSPS) is 23.6. The second-order valence-electron chi connectivity index (χ2n) is 8.94. The molecule has 0 aliphatic carbocycles. The number of nitrogens with one attached hydrogen (secondary N) is 1. The topological polar surface area (TPSA) is 79.0 Å². The minimum absolute atomic E-state index is 0.109. The summed E-state index contributed by atoms with van der Waals surface area (Å²) in [5, 5.41) is 5.41. The van der Waals surface area contributed by atoms with Crippen LogP contribution in [0.5, 0.6) is 0 Å². The highest BCUT2D eigenvalue weighted by atomic mass is 32.2. The van der Waals surface area contributed by atoms with Crippen LogP contribution in [-0.2, 0) is 14.8 Å². The van der Waals surface area contributed by atoms with E-state index in [1.165, 1.54) is 28.1 Å². The zero-order valence-electron chi connectivity index (χ0n) is 19.3. The van der Waals surface area contributed by atoms with Crippen LogP contribution < -0.4 is 5.32 Å². The highest BCUT2D eigenvalue weighted by Crippen LogP contribution is 2.28. The van der Waals surface area contributed by atoms with E-state index in [1.54, 1.807) is 29.5 Å². The summed E-state index contributed by atoms with van der Waals surface area (Å²) < 4.78 is 33.5. The standard InChI is InChI=1S/C24H33N3O4S2/c1-18-16-27(17-19(2)31-18)33(29,30)21-8-5-7-20(13-21)23(28)15-25-14-22(24-9-6-12-32-24)26-10-3-4-11-26/h5-9,12-13,18-19,22,25H,3-4,10-11,14-17H2,1-2H3. The fraction of sp³-hybridized carbons (Fsp3) is 0.542. The first-order chi connectivity index (χ1) is 15.8. The molecule has 2 fully saturated rings. The van der Waals surface area contributed by atoms with Gasteiger partial charge in [0.25, 0.3) is 0 Å². The smallest absolute Gasteiger partial charge is 0.243 e. The van der Waals surface area contributed by atoms with E-state index in [0.717, 1.165) is 13.1 Å². The number of benzene rings is 1. The molecule has 7 nitrogen and oxygen atoms in total. The molecule has 3 heterocycles. The van der Waals surface area contributed by atoms with Gasteiger partial charge in [-0.05, 0) is 63.4 Å². The Balaban J connectivity index is 1.40. The molecule has 0 saturated carbocycles. The number of hydrogen-bond donors (Lipinski definition) is 1. The van der Waals surface area contributed by atoms with Gasteiger partial charge in [-0.1, -0.05) is 18.2 Å². The van der Waals surface area contributed by atoms with Crippen LogP contribution in [0.15, 0.2) is 46.7 Å². The van der Waals surface area contributed by atoms with E-state index in [2.05, 4.69) is 27.7 Å².